The molecular weight excluding hydrogens is 284 g/mol. The van der Waals surface area contributed by atoms with E-state index in [0.29, 0.717) is 0 Å². The van der Waals surface area contributed by atoms with Crippen molar-refractivity contribution < 1.29 is 14.8 Å². The number of nitrogens with two attached hydrogens (primary N) is 1. The van der Waals surface area contributed by atoms with Gasteiger partial charge >= 0.3 is 17.1 Å². The second kappa shape index (κ2) is 5.17. The van der Waals surface area contributed by atoms with Crippen molar-refractivity contribution in [3.63, 3.8) is 0 Å². The van der Waals surface area contributed by atoms with Crippen molar-refractivity contribution in [3.05, 3.63) is 48.5 Å². The van der Waals surface area contributed by atoms with E-state index in [1.807, 2.05) is 0 Å². The molecule has 110 valence electrons. The number of aromatic amines is 2. The van der Waals surface area contributed by atoms with E-state index in [4.69, 9.17) is 10.8 Å². The van der Waals surface area contributed by atoms with Gasteiger partial charge < -0.3 is 20.8 Å². The maximum absolute atomic E-state index is 11.3. The second-order valence-corrected chi connectivity index (χ2v) is 4.34. The summed E-state index contributed by atoms with van der Waals surface area (Å²) in [6.45, 7) is 0. The smallest absolute Gasteiger partial charge is 0.320 e. The topological polar surface area (TPSA) is 172 Å². The minimum absolute atomic E-state index is 0.0291. The number of nitrogens with zero attached hydrogens (tertiary/aromatic N) is 1. The van der Waals surface area contributed by atoms with Gasteiger partial charge in [-0.1, -0.05) is 0 Å². The van der Waals surface area contributed by atoms with Gasteiger partial charge in [-0.3, -0.25) is 24.5 Å². The van der Waals surface area contributed by atoms with Gasteiger partial charge in [0, 0.05) is 18.6 Å². The minimum atomic E-state index is -1.30. The largest absolute Gasteiger partial charge is 0.480 e. The van der Waals surface area contributed by atoms with Gasteiger partial charge in [-0.15, -0.1) is 0 Å². The fourth-order valence-corrected chi connectivity index (χ4v) is 1.87. The molecule has 10 heteroatoms. The van der Waals surface area contributed by atoms with Crippen molar-refractivity contribution in [1.82, 2.24) is 9.97 Å². The lowest BCUT2D eigenvalue weighted by atomic mass is 10.0. The predicted molar refractivity (Wildman–Crippen MR) is 71.2 cm³/mol. The summed E-state index contributed by atoms with van der Waals surface area (Å²) in [5.74, 6) is -1.29. The molecule has 1 unspecified atom stereocenters. The fraction of sp³-hybridized carbons (Fsp3) is 0.182. The molecule has 0 fully saturated rings. The number of non-ortho nitro benzene ring substituents is 1. The summed E-state index contributed by atoms with van der Waals surface area (Å²) in [6.07, 6.45) is -0.241. The Kier molecular flexibility index (Phi) is 3.54. The van der Waals surface area contributed by atoms with E-state index < -0.39 is 28.1 Å². The average molecular weight is 294 g/mol. The Bertz CT molecular complexity index is 852. The first-order chi connectivity index (χ1) is 9.79. The first-order valence-corrected chi connectivity index (χ1v) is 5.71. The maximum atomic E-state index is 11.3. The lowest BCUT2D eigenvalue weighted by molar-refractivity contribution is -0.384. The number of nitro benzene ring substituents is 1. The molecule has 1 heterocycles. The van der Waals surface area contributed by atoms with Crippen LogP contribution >= 0.6 is 0 Å². The van der Waals surface area contributed by atoms with Crippen LogP contribution in [0.15, 0.2) is 21.7 Å². The van der Waals surface area contributed by atoms with E-state index in [9.17, 15) is 24.5 Å². The number of carboxylic acids is 1. The number of H-pyrrole nitrogens is 2. The predicted octanol–water partition coefficient (Wildman–Crippen LogP) is -0.921. The number of fused-ring (bicyclic) bond motifs is 1. The molecule has 2 aromatic rings. The quantitative estimate of drug-likeness (QED) is 0.320. The molecular formula is C11H10N4O6. The molecule has 21 heavy (non-hydrogen) atoms. The van der Waals surface area contributed by atoms with E-state index in [0.717, 1.165) is 12.1 Å². The number of carbonyl (C=O) groups is 1. The van der Waals surface area contributed by atoms with Gasteiger partial charge in [0.2, 0.25) is 0 Å². The van der Waals surface area contributed by atoms with Crippen molar-refractivity contribution in [2.24, 2.45) is 5.73 Å². The molecule has 0 aliphatic carbocycles. The zero-order valence-electron chi connectivity index (χ0n) is 10.5. The number of nitro groups is 1. The number of hydrogen-bond donors (Lipinski definition) is 4. The summed E-state index contributed by atoms with van der Waals surface area (Å²) in [5.41, 5.74) is 3.44. The number of nitrogens with one attached hydrogen (secondary N) is 2. The molecule has 0 radical (unpaired) electrons. The van der Waals surface area contributed by atoms with Crippen molar-refractivity contribution in [3.8, 4) is 0 Å². The molecule has 0 saturated carbocycles. The average Bonchev–Trinajstić information content (AvgIpc) is 2.40. The van der Waals surface area contributed by atoms with Gasteiger partial charge in [0.25, 0.3) is 5.69 Å². The Hall–Kier alpha value is -3.01. The molecule has 0 saturated heterocycles. The zero-order chi connectivity index (χ0) is 15.7. The Labute approximate surface area is 115 Å². The van der Waals surface area contributed by atoms with Crippen LogP contribution in [0.4, 0.5) is 5.69 Å². The lowest BCUT2D eigenvalue weighted by Crippen LogP contribution is -2.33. The highest BCUT2D eigenvalue weighted by molar-refractivity contribution is 5.82. The normalized spacial score (nSPS) is 12.2. The molecule has 0 amide bonds. The Morgan fingerprint density at radius 3 is 2.52 bits per heavy atom. The summed E-state index contributed by atoms with van der Waals surface area (Å²) < 4.78 is 0. The summed E-state index contributed by atoms with van der Waals surface area (Å²) in [6, 6.07) is 0.882. The second-order valence-electron chi connectivity index (χ2n) is 4.34. The standard InChI is InChI=1S/C11H10N4O6/c12-6(11(18)19)2-4-1-5(15(20)21)3-7-8(4)14-10(17)9(16)13-7/h1,3,6H,2,12H2,(H,13,16)(H,14,17)(H,18,19). The lowest BCUT2D eigenvalue weighted by Gasteiger charge is -2.09. The monoisotopic (exact) mass is 294 g/mol. The van der Waals surface area contributed by atoms with Crippen molar-refractivity contribution in [2.45, 2.75) is 12.5 Å². The number of rotatable bonds is 4. The summed E-state index contributed by atoms with van der Waals surface area (Å²) >= 11 is 0. The minimum Gasteiger partial charge on any atom is -0.480 e. The maximum Gasteiger partial charge on any atom is 0.320 e. The van der Waals surface area contributed by atoms with Gasteiger partial charge in [0.1, 0.15) is 6.04 Å². The van der Waals surface area contributed by atoms with E-state index in [2.05, 4.69) is 9.97 Å². The van der Waals surface area contributed by atoms with E-state index in [-0.39, 0.29) is 28.7 Å². The Morgan fingerprint density at radius 1 is 1.33 bits per heavy atom. The number of hydrogen-bond acceptors (Lipinski definition) is 6. The molecule has 5 N–H and O–H groups in total. The number of benzene rings is 1. The van der Waals surface area contributed by atoms with Gasteiger partial charge in [-0.25, -0.2) is 0 Å². The Morgan fingerprint density at radius 2 is 1.95 bits per heavy atom. The van der Waals surface area contributed by atoms with Gasteiger partial charge in [-0.2, -0.15) is 0 Å². The highest BCUT2D eigenvalue weighted by atomic mass is 16.6. The van der Waals surface area contributed by atoms with Crippen LogP contribution in [0.1, 0.15) is 5.56 Å². The molecule has 0 aliphatic rings. The molecule has 1 aromatic heterocycles. The number of carboxylic acid groups (broad SMARTS) is 1. The third-order valence-electron chi connectivity index (χ3n) is 2.87. The SMILES string of the molecule is NC(Cc1cc([N+](=O)[O-])cc2[nH]c(=O)c(=O)[nH]c12)C(=O)O. The number of aliphatic carboxylic acids is 1. The molecule has 1 aromatic carbocycles. The van der Waals surface area contributed by atoms with Crippen LogP contribution in [0.5, 0.6) is 0 Å². The summed E-state index contributed by atoms with van der Waals surface area (Å²) in [5, 5.41) is 19.7. The van der Waals surface area contributed by atoms with Crippen LogP contribution in [0.25, 0.3) is 11.0 Å². The van der Waals surface area contributed by atoms with Crippen molar-refractivity contribution in [1.29, 1.82) is 0 Å². The number of aromatic nitrogens is 2. The van der Waals surface area contributed by atoms with Crippen molar-refractivity contribution >= 4 is 22.7 Å². The molecule has 2 rings (SSSR count). The third kappa shape index (κ3) is 2.79. The molecule has 0 aliphatic heterocycles. The first-order valence-electron chi connectivity index (χ1n) is 5.71. The van der Waals surface area contributed by atoms with Crippen LogP contribution < -0.4 is 16.9 Å². The fourth-order valence-electron chi connectivity index (χ4n) is 1.87. The van der Waals surface area contributed by atoms with Crippen LogP contribution in [-0.2, 0) is 11.2 Å². The van der Waals surface area contributed by atoms with Crippen LogP contribution in [-0.4, -0.2) is 32.0 Å². The Balaban J connectivity index is 2.73. The van der Waals surface area contributed by atoms with E-state index in [1.165, 1.54) is 0 Å². The van der Waals surface area contributed by atoms with Gasteiger partial charge in [0.05, 0.1) is 16.0 Å². The highest BCUT2D eigenvalue weighted by Crippen LogP contribution is 2.22. The summed E-state index contributed by atoms with van der Waals surface area (Å²) in [4.78, 5) is 48.0. The highest BCUT2D eigenvalue weighted by Gasteiger charge is 2.19. The molecule has 10 nitrogen and oxygen atoms in total. The van der Waals surface area contributed by atoms with Gasteiger partial charge in [-0.05, 0) is 5.56 Å². The van der Waals surface area contributed by atoms with Crippen LogP contribution in [0, 0.1) is 10.1 Å². The zero-order valence-corrected chi connectivity index (χ0v) is 10.5. The van der Waals surface area contributed by atoms with Crippen LogP contribution in [0.3, 0.4) is 0 Å². The van der Waals surface area contributed by atoms with E-state index >= 15 is 0 Å². The van der Waals surface area contributed by atoms with Gasteiger partial charge in [0.15, 0.2) is 0 Å². The molecule has 0 spiro atoms. The molecule has 0 bridgehead atoms. The summed E-state index contributed by atoms with van der Waals surface area (Å²) in [7, 11) is 0. The van der Waals surface area contributed by atoms with E-state index in [1.54, 1.807) is 0 Å². The van der Waals surface area contributed by atoms with Crippen LogP contribution in [0.2, 0.25) is 0 Å². The third-order valence-corrected chi connectivity index (χ3v) is 2.87. The first kappa shape index (κ1) is 14.4. The van der Waals surface area contributed by atoms with Crippen molar-refractivity contribution in [2.75, 3.05) is 0 Å². The molecule has 1 atom stereocenters.